The molecule has 0 bridgehead atoms. The van der Waals surface area contributed by atoms with Crippen LogP contribution in [0.1, 0.15) is 52.9 Å². The Balaban J connectivity index is 3.94. The molecule has 110 valence electrons. The lowest BCUT2D eigenvalue weighted by molar-refractivity contribution is -0.174. The molecule has 0 aliphatic carbocycles. The number of unbranched alkanes of at least 4 members (excludes halogenated alkanes) is 3. The summed E-state index contributed by atoms with van der Waals surface area (Å²) in [6.45, 7) is 4.67. The second kappa shape index (κ2) is 9.35. The normalized spacial score (nSPS) is 13.4. The number of carboxylic acids is 1. The van der Waals surface area contributed by atoms with E-state index in [1.165, 1.54) is 13.8 Å². The van der Waals surface area contributed by atoms with Gasteiger partial charge >= 0.3 is 17.9 Å². The third-order valence-electron chi connectivity index (χ3n) is 2.52. The minimum atomic E-state index is -1.25. The third-order valence-corrected chi connectivity index (χ3v) is 2.52. The minimum Gasteiger partial charge on any atom is -0.479 e. The highest BCUT2D eigenvalue weighted by atomic mass is 16.6. The van der Waals surface area contributed by atoms with E-state index in [1.807, 2.05) is 0 Å². The maximum Gasteiger partial charge on any atom is 0.347 e. The van der Waals surface area contributed by atoms with Gasteiger partial charge in [0.2, 0.25) is 0 Å². The van der Waals surface area contributed by atoms with Gasteiger partial charge in [-0.25, -0.2) is 9.59 Å². The largest absolute Gasteiger partial charge is 0.479 e. The van der Waals surface area contributed by atoms with Gasteiger partial charge in [0.15, 0.2) is 12.2 Å². The smallest absolute Gasteiger partial charge is 0.347 e. The van der Waals surface area contributed by atoms with Gasteiger partial charge in [-0.2, -0.15) is 0 Å². The number of carboxylic acid groups (broad SMARTS) is 1. The van der Waals surface area contributed by atoms with E-state index in [1.54, 1.807) is 0 Å². The Hall–Kier alpha value is -1.59. The Kier molecular flexibility index (Phi) is 8.57. The van der Waals surface area contributed by atoms with E-state index in [9.17, 15) is 14.4 Å². The zero-order valence-electron chi connectivity index (χ0n) is 11.7. The van der Waals surface area contributed by atoms with Crippen molar-refractivity contribution in [3.63, 3.8) is 0 Å². The zero-order valence-corrected chi connectivity index (χ0v) is 11.7. The summed E-state index contributed by atoms with van der Waals surface area (Å²) in [5.74, 6) is -2.56. The van der Waals surface area contributed by atoms with E-state index >= 15 is 0 Å². The van der Waals surface area contributed by atoms with E-state index in [0.717, 1.165) is 25.7 Å². The number of ether oxygens (including phenoxy) is 2. The predicted octanol–water partition coefficient (Wildman–Crippen LogP) is 1.90. The van der Waals surface area contributed by atoms with Crippen LogP contribution in [0.3, 0.4) is 0 Å². The van der Waals surface area contributed by atoms with E-state index in [0.29, 0.717) is 0 Å². The fraction of sp³-hybridized carbons (Fsp3) is 0.769. The first-order chi connectivity index (χ1) is 8.88. The van der Waals surface area contributed by atoms with Gasteiger partial charge in [-0.1, -0.05) is 26.2 Å². The zero-order chi connectivity index (χ0) is 14.8. The van der Waals surface area contributed by atoms with Crippen molar-refractivity contribution in [3.05, 3.63) is 0 Å². The molecule has 0 saturated carbocycles. The van der Waals surface area contributed by atoms with Crippen LogP contribution >= 0.6 is 0 Å². The van der Waals surface area contributed by atoms with Gasteiger partial charge in [0.25, 0.3) is 0 Å². The molecule has 0 radical (unpaired) electrons. The van der Waals surface area contributed by atoms with Crippen LogP contribution < -0.4 is 0 Å². The molecule has 1 N–H and O–H groups in total. The summed E-state index contributed by atoms with van der Waals surface area (Å²) < 4.78 is 9.47. The van der Waals surface area contributed by atoms with E-state index < -0.39 is 30.1 Å². The molecule has 2 unspecified atom stereocenters. The van der Waals surface area contributed by atoms with E-state index in [4.69, 9.17) is 9.84 Å². The number of aliphatic carboxylic acids is 1. The monoisotopic (exact) mass is 274 g/mol. The number of rotatable bonds is 9. The highest BCUT2D eigenvalue weighted by Crippen LogP contribution is 2.06. The molecule has 0 rings (SSSR count). The van der Waals surface area contributed by atoms with Gasteiger partial charge in [-0.05, 0) is 20.3 Å². The van der Waals surface area contributed by atoms with Crippen LogP contribution in [0.15, 0.2) is 0 Å². The lowest BCUT2D eigenvalue weighted by atomic mass is 10.1. The van der Waals surface area contributed by atoms with Crippen molar-refractivity contribution in [1.29, 1.82) is 0 Å². The summed E-state index contributed by atoms with van der Waals surface area (Å²) in [5, 5.41) is 8.58. The molecule has 0 heterocycles. The Morgan fingerprint density at radius 1 is 1.00 bits per heavy atom. The van der Waals surface area contributed by atoms with Crippen LogP contribution in [0.25, 0.3) is 0 Å². The minimum absolute atomic E-state index is 0.256. The molecule has 19 heavy (non-hydrogen) atoms. The number of carbonyl (C=O) groups is 3. The lowest BCUT2D eigenvalue weighted by Crippen LogP contribution is -2.32. The second-order valence-electron chi connectivity index (χ2n) is 4.36. The molecule has 0 aromatic rings. The topological polar surface area (TPSA) is 89.9 Å². The van der Waals surface area contributed by atoms with Gasteiger partial charge in [-0.15, -0.1) is 0 Å². The number of carbonyl (C=O) groups excluding carboxylic acids is 2. The van der Waals surface area contributed by atoms with Gasteiger partial charge in [0, 0.05) is 6.42 Å². The first-order valence-electron chi connectivity index (χ1n) is 6.51. The van der Waals surface area contributed by atoms with Gasteiger partial charge in [0.05, 0.1) is 0 Å². The first-order valence-corrected chi connectivity index (χ1v) is 6.51. The number of hydrogen-bond donors (Lipinski definition) is 1. The maximum absolute atomic E-state index is 11.4. The third kappa shape index (κ3) is 8.18. The van der Waals surface area contributed by atoms with Crippen molar-refractivity contribution in [2.45, 2.75) is 65.1 Å². The molecule has 0 aromatic heterocycles. The van der Waals surface area contributed by atoms with Crippen LogP contribution in [0, 0.1) is 0 Å². The van der Waals surface area contributed by atoms with Crippen molar-refractivity contribution in [1.82, 2.24) is 0 Å². The standard InChI is InChI=1S/C13H22O6/c1-4-5-6-7-8-11(14)18-10(3)13(17)19-9(2)12(15)16/h9-10H,4-8H2,1-3H3,(H,15,16). The molecular weight excluding hydrogens is 252 g/mol. The summed E-state index contributed by atoms with van der Waals surface area (Å²) in [5.41, 5.74) is 0. The van der Waals surface area contributed by atoms with Crippen LogP contribution in [0.4, 0.5) is 0 Å². The van der Waals surface area contributed by atoms with E-state index in [2.05, 4.69) is 11.7 Å². The molecule has 6 nitrogen and oxygen atoms in total. The summed E-state index contributed by atoms with van der Waals surface area (Å²) >= 11 is 0. The second-order valence-corrected chi connectivity index (χ2v) is 4.36. The predicted molar refractivity (Wildman–Crippen MR) is 67.5 cm³/mol. The molecule has 0 fully saturated rings. The fourth-order valence-corrected chi connectivity index (χ4v) is 1.32. The molecule has 2 atom stereocenters. The average Bonchev–Trinajstić information content (AvgIpc) is 2.34. The highest BCUT2D eigenvalue weighted by molar-refractivity contribution is 5.82. The fourth-order valence-electron chi connectivity index (χ4n) is 1.32. The molecule has 0 saturated heterocycles. The molecule has 0 aliphatic rings. The Morgan fingerprint density at radius 2 is 1.63 bits per heavy atom. The first kappa shape index (κ1) is 17.4. The summed E-state index contributed by atoms with van der Waals surface area (Å²) in [6, 6.07) is 0. The van der Waals surface area contributed by atoms with Crippen LogP contribution in [0.5, 0.6) is 0 Å². The Labute approximate surface area is 113 Å². The Bertz CT molecular complexity index is 312. The molecule has 0 amide bonds. The van der Waals surface area contributed by atoms with Crippen LogP contribution in [0.2, 0.25) is 0 Å². The van der Waals surface area contributed by atoms with Gasteiger partial charge in [0.1, 0.15) is 0 Å². The van der Waals surface area contributed by atoms with Crippen molar-refractivity contribution < 1.29 is 29.0 Å². The maximum atomic E-state index is 11.4. The van der Waals surface area contributed by atoms with Crippen molar-refractivity contribution >= 4 is 17.9 Å². The van der Waals surface area contributed by atoms with Gasteiger partial charge in [-0.3, -0.25) is 4.79 Å². The average molecular weight is 274 g/mol. The van der Waals surface area contributed by atoms with Crippen molar-refractivity contribution in [3.8, 4) is 0 Å². The number of hydrogen-bond acceptors (Lipinski definition) is 5. The van der Waals surface area contributed by atoms with Crippen molar-refractivity contribution in [2.75, 3.05) is 0 Å². The van der Waals surface area contributed by atoms with Crippen LogP contribution in [-0.4, -0.2) is 35.2 Å². The lowest BCUT2D eigenvalue weighted by Gasteiger charge is -2.14. The summed E-state index contributed by atoms with van der Waals surface area (Å²) in [4.78, 5) is 33.3. The van der Waals surface area contributed by atoms with Crippen molar-refractivity contribution in [2.24, 2.45) is 0 Å². The molecule has 0 aromatic carbocycles. The quantitative estimate of drug-likeness (QED) is 0.510. The summed E-state index contributed by atoms with van der Waals surface area (Å²) in [7, 11) is 0. The molecule has 0 aliphatic heterocycles. The molecule has 0 spiro atoms. The van der Waals surface area contributed by atoms with E-state index in [-0.39, 0.29) is 6.42 Å². The van der Waals surface area contributed by atoms with Gasteiger partial charge < -0.3 is 14.6 Å². The highest BCUT2D eigenvalue weighted by Gasteiger charge is 2.23. The molecular formula is C13H22O6. The number of esters is 2. The summed E-state index contributed by atoms with van der Waals surface area (Å²) in [6.07, 6.45) is 1.72. The Morgan fingerprint density at radius 3 is 2.16 bits per heavy atom. The van der Waals surface area contributed by atoms with Crippen LogP contribution in [-0.2, 0) is 23.9 Å². The molecule has 6 heteroatoms. The SMILES string of the molecule is CCCCCCC(=O)OC(C)C(=O)OC(C)C(=O)O.